The molecule has 244 valence electrons. The second-order valence-electron chi connectivity index (χ2n) is 10.6. The van der Waals surface area contributed by atoms with Gasteiger partial charge in [0.2, 0.25) is 17.8 Å². The first-order valence-electron chi connectivity index (χ1n) is 14.4. The molecule has 0 saturated carbocycles. The lowest BCUT2D eigenvalue weighted by atomic mass is 9.98. The summed E-state index contributed by atoms with van der Waals surface area (Å²) in [6.45, 7) is 6.62. The lowest BCUT2D eigenvalue weighted by molar-refractivity contribution is -0.288. The molecule has 2 aliphatic rings. The van der Waals surface area contributed by atoms with Crippen LogP contribution in [0.3, 0.4) is 0 Å². The molecule has 0 aliphatic carbocycles. The second-order valence-corrected chi connectivity index (χ2v) is 10.6. The Hall–Kier alpha value is -5.11. The van der Waals surface area contributed by atoms with Crippen LogP contribution in [0.25, 0.3) is 22.1 Å². The Bertz CT molecular complexity index is 1730. The third kappa shape index (κ3) is 7.07. The van der Waals surface area contributed by atoms with Crippen LogP contribution in [0.5, 0.6) is 17.2 Å². The van der Waals surface area contributed by atoms with Crippen molar-refractivity contribution in [1.29, 1.82) is 0 Å². The summed E-state index contributed by atoms with van der Waals surface area (Å²) in [6.07, 6.45) is -6.81. The SMILES string of the molecule is CC(=O)OC[C@@H]1O[C@H](Oc2ccc3c(=O)c(-c4ccc5c(c4)OCCO5)c(C)oc3c2)[C@@H](OC(C)=O)[C@H](OC(C)=O)[C@@H]1OC(C)=O. The Morgan fingerprint density at radius 1 is 0.783 bits per heavy atom. The Balaban J connectivity index is 1.50. The van der Waals surface area contributed by atoms with Crippen molar-refractivity contribution in [1.82, 2.24) is 0 Å². The summed E-state index contributed by atoms with van der Waals surface area (Å²) in [5.41, 5.74) is 0.828. The summed E-state index contributed by atoms with van der Waals surface area (Å²) in [4.78, 5) is 61.4. The molecule has 1 saturated heterocycles. The van der Waals surface area contributed by atoms with Crippen LogP contribution in [0, 0.1) is 6.92 Å². The van der Waals surface area contributed by atoms with E-state index in [1.165, 1.54) is 25.1 Å². The van der Waals surface area contributed by atoms with Gasteiger partial charge in [-0.1, -0.05) is 6.07 Å². The van der Waals surface area contributed by atoms with Crippen molar-refractivity contribution in [3.8, 4) is 28.4 Å². The first kappa shape index (κ1) is 32.3. The molecule has 0 N–H and O–H groups in total. The zero-order chi connectivity index (χ0) is 33.1. The van der Waals surface area contributed by atoms with Crippen LogP contribution in [-0.4, -0.2) is 74.4 Å². The normalized spacial score (nSPS) is 22.0. The van der Waals surface area contributed by atoms with Crippen LogP contribution >= 0.6 is 0 Å². The zero-order valence-electron chi connectivity index (χ0n) is 25.7. The molecule has 1 fully saturated rings. The first-order valence-corrected chi connectivity index (χ1v) is 14.4. The number of fused-ring (bicyclic) bond motifs is 2. The highest BCUT2D eigenvalue weighted by Gasteiger charge is 2.53. The number of rotatable bonds is 8. The number of esters is 4. The summed E-state index contributed by atoms with van der Waals surface area (Å²) >= 11 is 0. The van der Waals surface area contributed by atoms with E-state index in [2.05, 4.69) is 0 Å². The smallest absolute Gasteiger partial charge is 0.303 e. The molecule has 5 atom stereocenters. The lowest BCUT2D eigenvalue weighted by Gasteiger charge is -2.43. The fourth-order valence-electron chi connectivity index (χ4n) is 5.31. The fraction of sp³-hybridized carbons (Fsp3) is 0.406. The molecule has 0 bridgehead atoms. The first-order chi connectivity index (χ1) is 21.9. The minimum atomic E-state index is -1.46. The van der Waals surface area contributed by atoms with Gasteiger partial charge in [-0.3, -0.25) is 24.0 Å². The van der Waals surface area contributed by atoms with E-state index in [4.69, 9.17) is 42.3 Å². The molecule has 0 spiro atoms. The molecule has 3 heterocycles. The van der Waals surface area contributed by atoms with Gasteiger partial charge in [0.15, 0.2) is 23.7 Å². The molecule has 0 unspecified atom stereocenters. The third-order valence-corrected chi connectivity index (χ3v) is 7.07. The standard InChI is InChI=1S/C32H32O14/c1-15-27(20-6-9-23-25(12-20)39-11-10-38-23)28(37)22-8-7-21(13-24(22)41-15)45-32-31(44-19(5)36)30(43-18(4)35)29(42-17(3)34)26(46-32)14-40-16(2)33/h6-9,12-13,26,29-32H,10-11,14H2,1-5H3/t26-,29+,30+,31-,32-/m0/s1. The monoisotopic (exact) mass is 640 g/mol. The fourth-order valence-corrected chi connectivity index (χ4v) is 5.31. The molecule has 3 aromatic rings. The van der Waals surface area contributed by atoms with Crippen LogP contribution in [0.15, 0.2) is 45.6 Å². The van der Waals surface area contributed by atoms with Gasteiger partial charge in [0.1, 0.15) is 43.0 Å². The molecule has 2 aromatic carbocycles. The van der Waals surface area contributed by atoms with Crippen molar-refractivity contribution >= 4 is 34.8 Å². The average molecular weight is 641 g/mol. The third-order valence-electron chi connectivity index (χ3n) is 7.07. The summed E-state index contributed by atoms with van der Waals surface area (Å²) in [5, 5.41) is 0.254. The minimum absolute atomic E-state index is 0.128. The number of hydrogen-bond donors (Lipinski definition) is 0. The number of benzene rings is 2. The van der Waals surface area contributed by atoms with Crippen LogP contribution < -0.4 is 19.6 Å². The Labute approximate surface area is 262 Å². The highest BCUT2D eigenvalue weighted by Crippen LogP contribution is 2.36. The molecule has 46 heavy (non-hydrogen) atoms. The van der Waals surface area contributed by atoms with Crippen LogP contribution in [0.1, 0.15) is 33.5 Å². The highest BCUT2D eigenvalue weighted by atomic mass is 16.7. The maximum Gasteiger partial charge on any atom is 0.303 e. The summed E-state index contributed by atoms with van der Waals surface area (Å²) < 4.78 is 50.7. The lowest BCUT2D eigenvalue weighted by Crippen LogP contribution is -2.63. The van der Waals surface area contributed by atoms with Gasteiger partial charge >= 0.3 is 23.9 Å². The number of carbonyl (C=O) groups excluding carboxylic acids is 4. The summed E-state index contributed by atoms with van der Waals surface area (Å²) in [5.74, 6) is -1.38. The van der Waals surface area contributed by atoms with Gasteiger partial charge in [-0.25, -0.2) is 0 Å². The quantitative estimate of drug-likeness (QED) is 0.260. The molecule has 5 rings (SSSR count). The maximum atomic E-state index is 13.6. The predicted octanol–water partition coefficient (Wildman–Crippen LogP) is 3.00. The maximum absolute atomic E-state index is 13.6. The highest BCUT2D eigenvalue weighted by molar-refractivity contribution is 5.84. The van der Waals surface area contributed by atoms with Crippen molar-refractivity contribution in [3.05, 3.63) is 52.4 Å². The van der Waals surface area contributed by atoms with Crippen molar-refractivity contribution in [2.75, 3.05) is 19.8 Å². The molecular weight excluding hydrogens is 608 g/mol. The second kappa shape index (κ2) is 13.5. The molecule has 0 amide bonds. The number of hydrogen-bond acceptors (Lipinski definition) is 14. The summed E-state index contributed by atoms with van der Waals surface area (Å²) in [7, 11) is 0. The molecule has 14 nitrogen and oxygen atoms in total. The van der Waals surface area contributed by atoms with E-state index in [0.717, 1.165) is 20.8 Å². The van der Waals surface area contributed by atoms with Gasteiger partial charge in [-0.15, -0.1) is 0 Å². The van der Waals surface area contributed by atoms with Crippen LogP contribution in [0.2, 0.25) is 0 Å². The van der Waals surface area contributed by atoms with E-state index in [-0.39, 0.29) is 22.1 Å². The minimum Gasteiger partial charge on any atom is -0.486 e. The van der Waals surface area contributed by atoms with Gasteiger partial charge < -0.3 is 42.3 Å². The van der Waals surface area contributed by atoms with Gasteiger partial charge in [0.05, 0.1) is 10.9 Å². The van der Waals surface area contributed by atoms with Crippen LogP contribution in [0.4, 0.5) is 0 Å². The summed E-state index contributed by atoms with van der Waals surface area (Å²) in [6, 6.07) is 9.64. The van der Waals surface area contributed by atoms with Gasteiger partial charge in [0.25, 0.3) is 0 Å². The van der Waals surface area contributed by atoms with Crippen molar-refractivity contribution in [3.63, 3.8) is 0 Å². The zero-order valence-corrected chi connectivity index (χ0v) is 25.7. The van der Waals surface area contributed by atoms with Crippen molar-refractivity contribution < 1.29 is 61.5 Å². The Morgan fingerprint density at radius 2 is 1.43 bits per heavy atom. The van der Waals surface area contributed by atoms with Gasteiger partial charge in [-0.05, 0) is 36.8 Å². The molecule has 1 aromatic heterocycles. The van der Waals surface area contributed by atoms with Gasteiger partial charge in [-0.2, -0.15) is 0 Å². The largest absolute Gasteiger partial charge is 0.486 e. The average Bonchev–Trinajstić information content (AvgIpc) is 2.98. The number of aryl methyl sites for hydroxylation is 1. The van der Waals surface area contributed by atoms with E-state index in [1.54, 1.807) is 25.1 Å². The molecular formula is C32H32O14. The van der Waals surface area contributed by atoms with E-state index in [9.17, 15) is 24.0 Å². The predicted molar refractivity (Wildman–Crippen MR) is 156 cm³/mol. The molecule has 0 radical (unpaired) electrons. The van der Waals surface area contributed by atoms with E-state index < -0.39 is 61.2 Å². The number of ether oxygens (including phenoxy) is 8. The Kier molecular flexibility index (Phi) is 9.46. The molecule has 14 heteroatoms. The topological polar surface area (TPSA) is 172 Å². The number of carbonyl (C=O) groups is 4. The Morgan fingerprint density at radius 3 is 2.11 bits per heavy atom. The van der Waals surface area contributed by atoms with Crippen LogP contribution in [-0.2, 0) is 42.9 Å². The van der Waals surface area contributed by atoms with E-state index in [1.807, 2.05) is 0 Å². The van der Waals surface area contributed by atoms with Crippen molar-refractivity contribution in [2.24, 2.45) is 0 Å². The van der Waals surface area contributed by atoms with E-state index >= 15 is 0 Å². The van der Waals surface area contributed by atoms with Crippen molar-refractivity contribution in [2.45, 2.75) is 65.3 Å². The molecule has 2 aliphatic heterocycles. The van der Waals surface area contributed by atoms with Gasteiger partial charge in [0, 0.05) is 33.8 Å². The van der Waals surface area contributed by atoms with E-state index in [0.29, 0.717) is 41.6 Å².